The average Bonchev–Trinajstić information content (AvgIpc) is 2.42. The van der Waals surface area contributed by atoms with Crippen molar-refractivity contribution in [3.8, 4) is 0 Å². The predicted octanol–water partition coefficient (Wildman–Crippen LogP) is 0.996. The van der Waals surface area contributed by atoms with E-state index in [1.54, 1.807) is 11.8 Å². The third-order valence-electron chi connectivity index (χ3n) is 3.24. The molecule has 5 heteroatoms. The van der Waals surface area contributed by atoms with E-state index in [4.69, 9.17) is 5.11 Å². The molecule has 1 heterocycles. The molecule has 4 nitrogen and oxygen atoms in total. The molecule has 0 aromatic carbocycles. The van der Waals surface area contributed by atoms with Gasteiger partial charge in [-0.05, 0) is 44.7 Å². The number of hydrogen-bond donors (Lipinski definition) is 3. The number of thioether (sulfide) groups is 1. The molecule has 1 amide bonds. The first-order valence-electron chi connectivity index (χ1n) is 6.92. The molecule has 1 rings (SSSR count). The highest BCUT2D eigenvalue weighted by Gasteiger charge is 2.14. The highest BCUT2D eigenvalue weighted by atomic mass is 32.2. The number of nitrogens with one attached hydrogen (secondary N) is 2. The summed E-state index contributed by atoms with van der Waals surface area (Å²) >= 11 is 1.78. The molecule has 0 spiro atoms. The molecule has 1 aliphatic rings. The van der Waals surface area contributed by atoms with Crippen LogP contribution < -0.4 is 10.6 Å². The second-order valence-electron chi connectivity index (χ2n) is 5.04. The standard InChI is InChI=1S/C13H26N2O2S/c1-11(9-16)3-2-6-15-13(17)10-18-12-4-7-14-8-5-12/h11-12,14,16H,2-10H2,1H3,(H,15,17). The largest absolute Gasteiger partial charge is 0.396 e. The quantitative estimate of drug-likeness (QED) is 0.578. The molecule has 3 N–H and O–H groups in total. The molecule has 1 saturated heterocycles. The van der Waals surface area contributed by atoms with Crippen molar-refractivity contribution in [2.75, 3.05) is 32.0 Å². The number of rotatable bonds is 8. The molecule has 18 heavy (non-hydrogen) atoms. The fraction of sp³-hybridized carbons (Fsp3) is 0.923. The Kier molecular flexibility index (Phi) is 8.46. The minimum Gasteiger partial charge on any atom is -0.396 e. The van der Waals surface area contributed by atoms with Crippen LogP contribution in [0.15, 0.2) is 0 Å². The first kappa shape index (κ1) is 15.8. The number of piperidine rings is 1. The van der Waals surface area contributed by atoms with Crippen LogP contribution in [-0.2, 0) is 4.79 Å². The number of carbonyl (C=O) groups excluding carboxylic acids is 1. The van der Waals surface area contributed by atoms with Gasteiger partial charge in [0.25, 0.3) is 0 Å². The summed E-state index contributed by atoms with van der Waals surface area (Å²) in [4.78, 5) is 11.6. The maximum Gasteiger partial charge on any atom is 0.230 e. The Labute approximate surface area is 114 Å². The zero-order valence-corrected chi connectivity index (χ0v) is 12.1. The van der Waals surface area contributed by atoms with Crippen LogP contribution in [0.1, 0.15) is 32.6 Å². The van der Waals surface area contributed by atoms with Crippen molar-refractivity contribution in [3.63, 3.8) is 0 Å². The predicted molar refractivity (Wildman–Crippen MR) is 76.8 cm³/mol. The number of aliphatic hydroxyl groups excluding tert-OH is 1. The monoisotopic (exact) mass is 274 g/mol. The Hall–Kier alpha value is -0.260. The van der Waals surface area contributed by atoms with Gasteiger partial charge in [-0.2, -0.15) is 0 Å². The second kappa shape index (κ2) is 9.64. The van der Waals surface area contributed by atoms with Gasteiger partial charge in [0.15, 0.2) is 0 Å². The van der Waals surface area contributed by atoms with E-state index in [1.165, 1.54) is 12.8 Å². The van der Waals surface area contributed by atoms with Gasteiger partial charge in [0.05, 0.1) is 5.75 Å². The summed E-state index contributed by atoms with van der Waals surface area (Å²) in [5, 5.41) is 15.8. The van der Waals surface area contributed by atoms with E-state index in [9.17, 15) is 4.79 Å². The zero-order valence-electron chi connectivity index (χ0n) is 11.3. The summed E-state index contributed by atoms with van der Waals surface area (Å²) in [5.74, 6) is 1.07. The van der Waals surface area contributed by atoms with Crippen LogP contribution in [-0.4, -0.2) is 48.3 Å². The molecule has 1 unspecified atom stereocenters. The van der Waals surface area contributed by atoms with Gasteiger partial charge >= 0.3 is 0 Å². The lowest BCUT2D eigenvalue weighted by Gasteiger charge is -2.21. The minimum absolute atomic E-state index is 0.148. The molecule has 0 aliphatic carbocycles. The van der Waals surface area contributed by atoms with Crippen molar-refractivity contribution in [3.05, 3.63) is 0 Å². The summed E-state index contributed by atoms with van der Waals surface area (Å²) in [6, 6.07) is 0. The van der Waals surface area contributed by atoms with Gasteiger partial charge in [0.2, 0.25) is 5.91 Å². The van der Waals surface area contributed by atoms with Gasteiger partial charge in [-0.1, -0.05) is 6.92 Å². The third kappa shape index (κ3) is 7.24. The molecule has 0 radical (unpaired) electrons. The fourth-order valence-corrected chi connectivity index (χ4v) is 3.03. The van der Waals surface area contributed by atoms with Crippen LogP contribution in [0, 0.1) is 5.92 Å². The smallest absolute Gasteiger partial charge is 0.230 e. The first-order valence-corrected chi connectivity index (χ1v) is 7.97. The van der Waals surface area contributed by atoms with Crippen molar-refractivity contribution in [1.29, 1.82) is 0 Å². The van der Waals surface area contributed by atoms with E-state index in [1.807, 2.05) is 6.92 Å². The molecular formula is C13H26N2O2S. The molecule has 0 aromatic heterocycles. The first-order chi connectivity index (χ1) is 8.72. The van der Waals surface area contributed by atoms with Crippen LogP contribution in [0.5, 0.6) is 0 Å². The molecule has 1 fully saturated rings. The number of amides is 1. The lowest BCUT2D eigenvalue weighted by Crippen LogP contribution is -2.31. The average molecular weight is 274 g/mol. The van der Waals surface area contributed by atoms with Crippen LogP contribution >= 0.6 is 11.8 Å². The topological polar surface area (TPSA) is 61.4 Å². The highest BCUT2D eigenvalue weighted by molar-refractivity contribution is 8.00. The summed E-state index contributed by atoms with van der Waals surface area (Å²) in [6.45, 7) is 5.15. The Balaban J connectivity index is 1.96. The van der Waals surface area contributed by atoms with Crippen molar-refractivity contribution in [2.45, 2.75) is 37.9 Å². The number of carbonyl (C=O) groups is 1. The molecule has 1 atom stereocenters. The van der Waals surface area contributed by atoms with Crippen molar-refractivity contribution < 1.29 is 9.90 Å². The summed E-state index contributed by atoms with van der Waals surface area (Å²) in [5.41, 5.74) is 0. The van der Waals surface area contributed by atoms with Gasteiger partial charge in [-0.3, -0.25) is 4.79 Å². The van der Waals surface area contributed by atoms with E-state index in [0.29, 0.717) is 16.9 Å². The Morgan fingerprint density at radius 3 is 2.89 bits per heavy atom. The normalized spacial score (nSPS) is 18.6. The summed E-state index contributed by atoms with van der Waals surface area (Å²) < 4.78 is 0. The van der Waals surface area contributed by atoms with E-state index >= 15 is 0 Å². The van der Waals surface area contributed by atoms with E-state index in [2.05, 4.69) is 10.6 Å². The fourth-order valence-electron chi connectivity index (χ4n) is 1.98. The van der Waals surface area contributed by atoms with E-state index < -0.39 is 0 Å². The second-order valence-corrected chi connectivity index (χ2v) is 6.33. The maximum atomic E-state index is 11.6. The van der Waals surface area contributed by atoms with Gasteiger partial charge < -0.3 is 15.7 Å². The SMILES string of the molecule is CC(CO)CCCNC(=O)CSC1CCNCC1. The molecule has 0 aromatic rings. The van der Waals surface area contributed by atoms with Crippen LogP contribution in [0.2, 0.25) is 0 Å². The highest BCUT2D eigenvalue weighted by Crippen LogP contribution is 2.19. The minimum atomic E-state index is 0.148. The molecular weight excluding hydrogens is 248 g/mol. The van der Waals surface area contributed by atoms with Gasteiger partial charge in [0, 0.05) is 18.4 Å². The molecule has 0 bridgehead atoms. The van der Waals surface area contributed by atoms with E-state index in [-0.39, 0.29) is 12.5 Å². The van der Waals surface area contributed by atoms with Gasteiger partial charge in [-0.25, -0.2) is 0 Å². The van der Waals surface area contributed by atoms with Crippen molar-refractivity contribution in [1.82, 2.24) is 10.6 Å². The van der Waals surface area contributed by atoms with Crippen LogP contribution in [0.25, 0.3) is 0 Å². The zero-order chi connectivity index (χ0) is 13.2. The van der Waals surface area contributed by atoms with Crippen LogP contribution in [0.3, 0.4) is 0 Å². The molecule has 1 aliphatic heterocycles. The lowest BCUT2D eigenvalue weighted by molar-refractivity contribution is -0.118. The Morgan fingerprint density at radius 2 is 2.22 bits per heavy atom. The Morgan fingerprint density at radius 1 is 1.50 bits per heavy atom. The van der Waals surface area contributed by atoms with Crippen LogP contribution in [0.4, 0.5) is 0 Å². The third-order valence-corrected chi connectivity index (χ3v) is 4.62. The molecule has 0 saturated carbocycles. The lowest BCUT2D eigenvalue weighted by atomic mass is 10.1. The van der Waals surface area contributed by atoms with Gasteiger partial charge in [-0.15, -0.1) is 11.8 Å². The summed E-state index contributed by atoms with van der Waals surface area (Å²) in [6.07, 6.45) is 4.27. The Bertz CT molecular complexity index is 233. The van der Waals surface area contributed by atoms with E-state index in [0.717, 1.165) is 32.5 Å². The number of aliphatic hydroxyl groups is 1. The van der Waals surface area contributed by atoms with Crippen molar-refractivity contribution in [2.24, 2.45) is 5.92 Å². The van der Waals surface area contributed by atoms with Gasteiger partial charge in [0.1, 0.15) is 0 Å². The maximum absolute atomic E-state index is 11.6. The summed E-state index contributed by atoms with van der Waals surface area (Å²) in [7, 11) is 0. The number of hydrogen-bond acceptors (Lipinski definition) is 4. The van der Waals surface area contributed by atoms with Crippen molar-refractivity contribution >= 4 is 17.7 Å². The molecule has 106 valence electrons.